The number of hydrogen-bond acceptors (Lipinski definition) is 10. The summed E-state index contributed by atoms with van der Waals surface area (Å²) in [5.41, 5.74) is 5.47. The molecule has 1 amide bonds. The van der Waals surface area contributed by atoms with E-state index >= 15 is 0 Å². The lowest BCUT2D eigenvalue weighted by Crippen LogP contribution is -2.33. The Morgan fingerprint density at radius 2 is 1.54 bits per heavy atom. The maximum atomic E-state index is 13.7. The molecule has 294 valence electrons. The van der Waals surface area contributed by atoms with Crippen LogP contribution < -0.4 is 30.8 Å². The third-order valence-electron chi connectivity index (χ3n) is 9.58. The summed E-state index contributed by atoms with van der Waals surface area (Å²) in [7, 11) is -3.61. The van der Waals surface area contributed by atoms with Gasteiger partial charge in [-0.05, 0) is 83.5 Å². The van der Waals surface area contributed by atoms with Crippen molar-refractivity contribution in [3.63, 3.8) is 0 Å². The monoisotopic (exact) mass is 797 g/mol. The fourth-order valence-corrected chi connectivity index (χ4v) is 7.61. The van der Waals surface area contributed by atoms with Crippen LogP contribution >= 0.6 is 11.6 Å². The Morgan fingerprint density at radius 1 is 0.804 bits per heavy atom. The van der Waals surface area contributed by atoms with Crippen molar-refractivity contribution >= 4 is 50.3 Å². The summed E-state index contributed by atoms with van der Waals surface area (Å²) in [6.45, 7) is 4.00. The first-order valence-electron chi connectivity index (χ1n) is 18.5. The predicted molar refractivity (Wildman–Crippen MR) is 225 cm³/mol. The summed E-state index contributed by atoms with van der Waals surface area (Å²) >= 11 is 6.09. The molecule has 0 saturated carbocycles. The Labute approximate surface area is 333 Å². The number of anilines is 3. The lowest BCUT2D eigenvalue weighted by molar-refractivity contribution is 0.0699. The van der Waals surface area contributed by atoms with E-state index in [1.54, 1.807) is 18.2 Å². The zero-order valence-corrected chi connectivity index (χ0v) is 32.7. The van der Waals surface area contributed by atoms with Gasteiger partial charge in [-0.2, -0.15) is 0 Å². The Kier molecular flexibility index (Phi) is 13.6. The number of benzene rings is 5. The van der Waals surface area contributed by atoms with Crippen LogP contribution in [0.2, 0.25) is 5.02 Å². The maximum Gasteiger partial charge on any atom is 0.267 e. The van der Waals surface area contributed by atoms with Gasteiger partial charge in [0, 0.05) is 68.4 Å². The van der Waals surface area contributed by atoms with Crippen LogP contribution in [0.25, 0.3) is 11.1 Å². The number of carbonyl (C=O) groups is 1. The number of sulfonamides is 1. The van der Waals surface area contributed by atoms with Crippen LogP contribution in [0.3, 0.4) is 0 Å². The van der Waals surface area contributed by atoms with Crippen molar-refractivity contribution in [3.05, 3.63) is 147 Å². The number of nitrogens with zero attached hydrogens (tertiary/aromatic N) is 1. The van der Waals surface area contributed by atoms with Gasteiger partial charge in [0.15, 0.2) is 5.69 Å². The highest BCUT2D eigenvalue weighted by molar-refractivity contribution is 7.90. The third-order valence-corrected chi connectivity index (χ3v) is 11.2. The first-order valence-corrected chi connectivity index (χ1v) is 20.3. The molecular weight excluding hydrogens is 752 g/mol. The minimum atomic E-state index is -4.49. The molecule has 0 aliphatic carbocycles. The SMILES string of the molecule is C[N+]([O-])([O-])c1cc(S(=O)(=O)NC(=O)c2ccc(NCCNCc3ccccc3-c3ccc(Cl)cc3)cc2NCc2ccccc2)ccc1NCC1CCOCC1. The number of ether oxygens (including phenoxy) is 1. The fourth-order valence-electron chi connectivity index (χ4n) is 6.50. The first kappa shape index (κ1) is 40.7. The summed E-state index contributed by atoms with van der Waals surface area (Å²) in [6.07, 6.45) is 1.67. The number of hydroxylamine groups is 2. The Morgan fingerprint density at radius 3 is 2.29 bits per heavy atom. The maximum absolute atomic E-state index is 13.7. The molecule has 12 nitrogen and oxygen atoms in total. The normalized spacial score (nSPS) is 13.6. The molecule has 0 unspecified atom stereocenters. The van der Waals surface area contributed by atoms with Crippen LogP contribution in [0.5, 0.6) is 0 Å². The summed E-state index contributed by atoms with van der Waals surface area (Å²) in [5.74, 6) is -0.591. The Balaban J connectivity index is 1.13. The van der Waals surface area contributed by atoms with Gasteiger partial charge in [-0.25, -0.2) is 13.1 Å². The minimum Gasteiger partial charge on any atom is -0.626 e. The molecule has 0 spiro atoms. The summed E-state index contributed by atoms with van der Waals surface area (Å²) in [5, 5.41) is 39.2. The highest BCUT2D eigenvalue weighted by atomic mass is 35.5. The van der Waals surface area contributed by atoms with Gasteiger partial charge in [0.1, 0.15) is 0 Å². The molecule has 5 N–H and O–H groups in total. The van der Waals surface area contributed by atoms with Gasteiger partial charge in [-0.1, -0.05) is 78.3 Å². The molecule has 5 aromatic rings. The van der Waals surface area contributed by atoms with Crippen molar-refractivity contribution in [2.75, 3.05) is 55.8 Å². The van der Waals surface area contributed by atoms with Gasteiger partial charge in [0.25, 0.3) is 15.9 Å². The van der Waals surface area contributed by atoms with Crippen molar-refractivity contribution in [2.24, 2.45) is 5.92 Å². The van der Waals surface area contributed by atoms with Crippen molar-refractivity contribution in [1.82, 2.24) is 14.8 Å². The van der Waals surface area contributed by atoms with E-state index in [1.165, 1.54) is 12.1 Å². The van der Waals surface area contributed by atoms with Crippen LogP contribution in [0.4, 0.5) is 22.7 Å². The highest BCUT2D eigenvalue weighted by Crippen LogP contribution is 2.33. The number of quaternary nitrogens is 1. The zero-order valence-electron chi connectivity index (χ0n) is 31.1. The number of carbonyl (C=O) groups excluding carboxylic acids is 1. The standard InChI is InChI=1S/C42H46ClN6O6S/c1-49(51,52)41-26-36(16-18-39(41)46-28-31-19-23-55-24-20-31)56(53,54)48-42(50)38-17-15-35(25-40(38)47-27-30-7-3-2-4-8-30)45-22-21-44-29-33-9-5-6-10-37(33)32-11-13-34(43)14-12-32/h2-18,25-26,31,44-47H,19-24,27-29H2,1H3,(H,48,50)/q-1. The van der Waals surface area contributed by atoms with E-state index in [0.29, 0.717) is 56.6 Å². The molecule has 6 rings (SSSR count). The minimum absolute atomic E-state index is 0.0928. The second-order valence-electron chi connectivity index (χ2n) is 13.8. The molecule has 1 fully saturated rings. The fraction of sp³-hybridized carbons (Fsp3) is 0.262. The Hall–Kier alpha value is -4.99. The largest absolute Gasteiger partial charge is 0.626 e. The predicted octanol–water partition coefficient (Wildman–Crippen LogP) is 7.71. The number of amides is 1. The van der Waals surface area contributed by atoms with Gasteiger partial charge < -0.3 is 41.2 Å². The van der Waals surface area contributed by atoms with Crippen molar-refractivity contribution in [1.29, 1.82) is 0 Å². The number of halogens is 1. The average Bonchev–Trinajstić information content (AvgIpc) is 3.20. The van der Waals surface area contributed by atoms with Crippen LogP contribution in [-0.2, 0) is 27.8 Å². The number of hydrogen-bond donors (Lipinski definition) is 5. The highest BCUT2D eigenvalue weighted by Gasteiger charge is 2.25. The molecule has 0 radical (unpaired) electrons. The summed E-state index contributed by atoms with van der Waals surface area (Å²) in [4.78, 5) is 11.2. The molecule has 0 bridgehead atoms. The van der Waals surface area contributed by atoms with Crippen LogP contribution in [0.15, 0.2) is 120 Å². The molecule has 0 aromatic heterocycles. The van der Waals surface area contributed by atoms with Crippen molar-refractivity contribution in [2.45, 2.75) is 30.8 Å². The van der Waals surface area contributed by atoms with E-state index < -0.39 is 20.7 Å². The summed E-state index contributed by atoms with van der Waals surface area (Å²) < 4.78 is 34.7. The lowest BCUT2D eigenvalue weighted by Gasteiger charge is -2.43. The van der Waals surface area contributed by atoms with Gasteiger partial charge in [-0.15, -0.1) is 0 Å². The van der Waals surface area contributed by atoms with Gasteiger partial charge >= 0.3 is 0 Å². The van der Waals surface area contributed by atoms with E-state index in [2.05, 4.69) is 38.1 Å². The molecule has 0 atom stereocenters. The lowest BCUT2D eigenvalue weighted by atomic mass is 10.00. The van der Waals surface area contributed by atoms with Gasteiger partial charge in [-0.3, -0.25) is 4.79 Å². The van der Waals surface area contributed by atoms with E-state index in [4.69, 9.17) is 16.3 Å². The van der Waals surface area contributed by atoms with Crippen molar-refractivity contribution in [3.8, 4) is 11.1 Å². The Bertz CT molecular complexity index is 2190. The van der Waals surface area contributed by atoms with Crippen LogP contribution in [0, 0.1) is 16.3 Å². The van der Waals surface area contributed by atoms with Gasteiger partial charge in [0.2, 0.25) is 0 Å². The second-order valence-corrected chi connectivity index (χ2v) is 15.9. The molecule has 1 aliphatic heterocycles. The first-order chi connectivity index (χ1) is 27.0. The molecule has 5 aromatic carbocycles. The molecule has 14 heteroatoms. The molecule has 1 saturated heterocycles. The topological polar surface area (TPSA) is 167 Å². The van der Waals surface area contributed by atoms with Crippen molar-refractivity contribution < 1.29 is 17.9 Å². The van der Waals surface area contributed by atoms with E-state index in [1.807, 2.05) is 66.7 Å². The smallest absolute Gasteiger partial charge is 0.267 e. The summed E-state index contributed by atoms with van der Waals surface area (Å²) in [6, 6.07) is 34.2. The van der Waals surface area contributed by atoms with E-state index in [9.17, 15) is 23.6 Å². The van der Waals surface area contributed by atoms with Crippen LogP contribution in [0.1, 0.15) is 34.3 Å². The molecule has 1 aliphatic rings. The third kappa shape index (κ3) is 11.1. The molecular formula is C42H46ClN6O6S-. The molecule has 56 heavy (non-hydrogen) atoms. The zero-order chi connectivity index (χ0) is 39.5. The number of nitrogens with one attached hydrogen (secondary N) is 5. The average molecular weight is 798 g/mol. The number of rotatable bonds is 17. The quantitative estimate of drug-likeness (QED) is 0.0357. The van der Waals surface area contributed by atoms with E-state index in [-0.39, 0.29) is 27.8 Å². The van der Waals surface area contributed by atoms with E-state index in [0.717, 1.165) is 53.9 Å². The second kappa shape index (κ2) is 18.8. The van der Waals surface area contributed by atoms with Crippen LogP contribution in [-0.4, -0.2) is 54.2 Å². The molecule has 1 heterocycles. The van der Waals surface area contributed by atoms with Gasteiger partial charge in [0.05, 0.1) is 23.2 Å².